The van der Waals surface area contributed by atoms with Gasteiger partial charge in [0.15, 0.2) is 0 Å². The second-order valence-electron chi connectivity index (χ2n) is 5.21. The van der Waals surface area contributed by atoms with Crippen LogP contribution in [0, 0.1) is 5.41 Å². The highest BCUT2D eigenvalue weighted by Crippen LogP contribution is 2.15. The zero-order chi connectivity index (χ0) is 17.5. The van der Waals surface area contributed by atoms with Crippen molar-refractivity contribution in [2.75, 3.05) is 0 Å². The summed E-state index contributed by atoms with van der Waals surface area (Å²) in [5.41, 5.74) is 1.20. The lowest BCUT2D eigenvalue weighted by atomic mass is 10.0. The molecule has 1 amide bonds. The van der Waals surface area contributed by atoms with Crippen LogP contribution in [0.25, 0.3) is 0 Å². The fourth-order valence-electron chi connectivity index (χ4n) is 2.07. The first-order valence-corrected chi connectivity index (χ1v) is 7.36. The van der Waals surface area contributed by atoms with E-state index in [0.717, 1.165) is 5.56 Å². The van der Waals surface area contributed by atoms with E-state index in [0.29, 0.717) is 17.9 Å². The van der Waals surface area contributed by atoms with Gasteiger partial charge in [0.1, 0.15) is 18.1 Å². The van der Waals surface area contributed by atoms with Crippen molar-refractivity contribution in [2.45, 2.75) is 19.6 Å². The average Bonchev–Trinajstić information content (AvgIpc) is 2.59. The maximum atomic E-state index is 12.0. The molecule has 124 valence electrons. The van der Waals surface area contributed by atoms with Crippen LogP contribution in [0.2, 0.25) is 0 Å². The van der Waals surface area contributed by atoms with Crippen LogP contribution in [0.4, 0.5) is 4.79 Å². The van der Waals surface area contributed by atoms with E-state index in [4.69, 9.17) is 15.3 Å². The first-order valence-electron chi connectivity index (χ1n) is 7.36. The number of nitrogens with one attached hydrogen (secondary N) is 2. The number of hydrogen-bond acceptors (Lipinski definition) is 4. The third-order valence-corrected chi connectivity index (χ3v) is 3.37. The van der Waals surface area contributed by atoms with Gasteiger partial charge in [0.05, 0.1) is 6.04 Å². The summed E-state index contributed by atoms with van der Waals surface area (Å²) in [5, 5.41) is 18.6. The Balaban J connectivity index is 1.97. The van der Waals surface area contributed by atoms with E-state index in [2.05, 4.69) is 0 Å². The van der Waals surface area contributed by atoms with Crippen molar-refractivity contribution >= 4 is 17.6 Å². The molecule has 0 radical (unpaired) electrons. The van der Waals surface area contributed by atoms with Gasteiger partial charge in [-0.25, -0.2) is 4.79 Å². The molecule has 3 N–H and O–H groups in total. The van der Waals surface area contributed by atoms with Crippen LogP contribution in [-0.4, -0.2) is 28.7 Å². The topological polar surface area (TPSA) is 99.5 Å². The van der Waals surface area contributed by atoms with Gasteiger partial charge in [-0.3, -0.25) is 10.2 Å². The molecule has 0 spiro atoms. The van der Waals surface area contributed by atoms with Crippen LogP contribution < -0.4 is 10.1 Å². The maximum Gasteiger partial charge on any atom is 0.405 e. The number of carbonyl (C=O) groups is 2. The Morgan fingerprint density at radius 2 is 1.75 bits per heavy atom. The van der Waals surface area contributed by atoms with E-state index in [1.165, 1.54) is 6.92 Å². The first-order chi connectivity index (χ1) is 11.5. The lowest BCUT2D eigenvalue weighted by Crippen LogP contribution is -2.41. The zero-order valence-corrected chi connectivity index (χ0v) is 13.2. The van der Waals surface area contributed by atoms with Crippen molar-refractivity contribution in [3.05, 3.63) is 65.7 Å². The van der Waals surface area contributed by atoms with Gasteiger partial charge in [-0.15, -0.1) is 0 Å². The Kier molecular flexibility index (Phi) is 5.68. The molecule has 2 aromatic rings. The van der Waals surface area contributed by atoms with Crippen LogP contribution in [0.3, 0.4) is 0 Å². The van der Waals surface area contributed by atoms with Crippen molar-refractivity contribution < 1.29 is 19.4 Å². The van der Waals surface area contributed by atoms with Gasteiger partial charge in [0, 0.05) is 5.56 Å². The van der Waals surface area contributed by atoms with E-state index >= 15 is 0 Å². The van der Waals surface area contributed by atoms with Crippen LogP contribution in [0.5, 0.6) is 5.75 Å². The average molecular weight is 326 g/mol. The van der Waals surface area contributed by atoms with Gasteiger partial charge in [0.25, 0.3) is 0 Å². The summed E-state index contributed by atoms with van der Waals surface area (Å²) in [6, 6.07) is 15.3. The predicted molar refractivity (Wildman–Crippen MR) is 89.7 cm³/mol. The second-order valence-corrected chi connectivity index (χ2v) is 5.21. The van der Waals surface area contributed by atoms with Crippen molar-refractivity contribution in [1.82, 2.24) is 5.32 Å². The normalized spacial score (nSPS) is 11.4. The van der Waals surface area contributed by atoms with E-state index in [-0.39, 0.29) is 5.71 Å². The standard InChI is InChI=1S/C18H18N2O4/c1-12(20-18(22)23)17(21)16(19)14-7-9-15(10-8-14)24-11-13-5-3-2-4-6-13/h2-10,12,19-20H,11H2,1H3,(H,22,23)/t12-/m0/s1. The van der Waals surface area contributed by atoms with Crippen molar-refractivity contribution in [2.24, 2.45) is 0 Å². The number of amides is 1. The number of Topliss-reactive ketones (excluding diaryl/α,β-unsaturated/α-hetero) is 1. The molecule has 0 aliphatic carbocycles. The Morgan fingerprint density at radius 1 is 1.12 bits per heavy atom. The van der Waals surface area contributed by atoms with Gasteiger partial charge < -0.3 is 15.2 Å². The second kappa shape index (κ2) is 7.92. The molecule has 0 aromatic heterocycles. The minimum absolute atomic E-state index is 0.245. The molecule has 2 rings (SSSR count). The number of ether oxygens (including phenoxy) is 1. The summed E-state index contributed by atoms with van der Waals surface area (Å²) in [4.78, 5) is 22.5. The molecular weight excluding hydrogens is 308 g/mol. The molecule has 2 aromatic carbocycles. The minimum Gasteiger partial charge on any atom is -0.489 e. The Bertz CT molecular complexity index is 726. The van der Waals surface area contributed by atoms with Gasteiger partial charge in [-0.1, -0.05) is 30.3 Å². The maximum absolute atomic E-state index is 12.0. The summed E-state index contributed by atoms with van der Waals surface area (Å²) in [6.45, 7) is 1.83. The third-order valence-electron chi connectivity index (χ3n) is 3.37. The van der Waals surface area contributed by atoms with Gasteiger partial charge in [0.2, 0.25) is 5.78 Å². The highest BCUT2D eigenvalue weighted by Gasteiger charge is 2.20. The number of benzene rings is 2. The van der Waals surface area contributed by atoms with Gasteiger partial charge in [-0.05, 0) is 36.8 Å². The lowest BCUT2D eigenvalue weighted by molar-refractivity contribution is -0.114. The van der Waals surface area contributed by atoms with Crippen molar-refractivity contribution in [1.29, 1.82) is 5.41 Å². The summed E-state index contributed by atoms with van der Waals surface area (Å²) in [7, 11) is 0. The molecular formula is C18H18N2O4. The molecule has 0 saturated heterocycles. The number of hydrogen-bond donors (Lipinski definition) is 3. The zero-order valence-electron chi connectivity index (χ0n) is 13.2. The number of rotatable bonds is 7. The van der Waals surface area contributed by atoms with E-state index in [1.54, 1.807) is 24.3 Å². The minimum atomic E-state index is -1.30. The van der Waals surface area contributed by atoms with Crippen LogP contribution in [0.15, 0.2) is 54.6 Å². The molecule has 24 heavy (non-hydrogen) atoms. The summed E-state index contributed by atoms with van der Waals surface area (Å²) >= 11 is 0. The fourth-order valence-corrected chi connectivity index (χ4v) is 2.07. The highest BCUT2D eigenvalue weighted by atomic mass is 16.5. The van der Waals surface area contributed by atoms with Crippen molar-refractivity contribution in [3.63, 3.8) is 0 Å². The monoisotopic (exact) mass is 326 g/mol. The Hall–Kier alpha value is -3.15. The lowest BCUT2D eigenvalue weighted by Gasteiger charge is -2.12. The van der Waals surface area contributed by atoms with Crippen LogP contribution in [0.1, 0.15) is 18.1 Å². The molecule has 0 saturated carbocycles. The fraction of sp³-hybridized carbons (Fsp3) is 0.167. The third kappa shape index (κ3) is 4.67. The smallest absolute Gasteiger partial charge is 0.405 e. The molecule has 1 atom stereocenters. The molecule has 0 aliphatic heterocycles. The molecule has 0 bridgehead atoms. The van der Waals surface area contributed by atoms with Gasteiger partial charge >= 0.3 is 6.09 Å². The molecule has 6 heteroatoms. The summed E-state index contributed by atoms with van der Waals surface area (Å²) in [5.74, 6) is 0.0370. The quantitative estimate of drug-likeness (QED) is 0.681. The first kappa shape index (κ1) is 17.2. The van der Waals surface area contributed by atoms with Crippen LogP contribution >= 0.6 is 0 Å². The molecule has 0 unspecified atom stereocenters. The van der Waals surface area contributed by atoms with Crippen molar-refractivity contribution in [3.8, 4) is 5.75 Å². The molecule has 0 aliphatic rings. The molecule has 6 nitrogen and oxygen atoms in total. The van der Waals surface area contributed by atoms with Gasteiger partial charge in [-0.2, -0.15) is 0 Å². The Labute approximate surface area is 139 Å². The SMILES string of the molecule is C[C@H](NC(=O)O)C(=O)C(=N)c1ccc(OCc2ccccc2)cc1. The van der Waals surface area contributed by atoms with E-state index in [9.17, 15) is 9.59 Å². The van der Waals surface area contributed by atoms with Crippen LogP contribution in [-0.2, 0) is 11.4 Å². The van der Waals surface area contributed by atoms with E-state index in [1.807, 2.05) is 35.6 Å². The summed E-state index contributed by atoms with van der Waals surface area (Å²) < 4.78 is 5.64. The number of carbonyl (C=O) groups excluding carboxylic acids is 1. The Morgan fingerprint density at radius 3 is 2.33 bits per heavy atom. The molecule has 0 fully saturated rings. The molecule has 0 heterocycles. The predicted octanol–water partition coefficient (Wildman–Crippen LogP) is 2.86. The summed E-state index contributed by atoms with van der Waals surface area (Å²) in [6.07, 6.45) is -1.30. The largest absolute Gasteiger partial charge is 0.489 e. The number of carboxylic acid groups (broad SMARTS) is 1. The number of ketones is 1. The highest BCUT2D eigenvalue weighted by molar-refractivity contribution is 6.46. The van der Waals surface area contributed by atoms with E-state index < -0.39 is 17.9 Å².